The van der Waals surface area contributed by atoms with Crippen molar-refractivity contribution in [1.29, 1.82) is 0 Å². The number of carbonyl (C=O) groups excluding carboxylic acids is 2. The van der Waals surface area contributed by atoms with Gasteiger partial charge in [0.2, 0.25) is 5.82 Å². The van der Waals surface area contributed by atoms with Crippen LogP contribution in [-0.2, 0) is 29.0 Å². The first-order valence-corrected chi connectivity index (χ1v) is 12.3. The van der Waals surface area contributed by atoms with Gasteiger partial charge in [-0.15, -0.1) is 11.3 Å². The number of allylic oxidation sites excluding steroid dienone is 1. The topological polar surface area (TPSA) is 130 Å². The zero-order valence-corrected chi connectivity index (χ0v) is 20.5. The first-order valence-electron chi connectivity index (χ1n) is 11.5. The summed E-state index contributed by atoms with van der Waals surface area (Å²) in [6, 6.07) is 13.7. The van der Waals surface area contributed by atoms with E-state index < -0.39 is 5.91 Å². The van der Waals surface area contributed by atoms with Gasteiger partial charge in [0.05, 0.1) is 23.4 Å². The highest BCUT2D eigenvalue weighted by Gasteiger charge is 2.21. The normalized spacial score (nSPS) is 14.0. The van der Waals surface area contributed by atoms with Crippen LogP contribution < -0.4 is 16.6 Å². The van der Waals surface area contributed by atoms with Crippen LogP contribution in [0.5, 0.6) is 0 Å². The number of fused-ring (bicyclic) bond motifs is 4. The highest BCUT2D eigenvalue weighted by molar-refractivity contribution is 7.25. The molecule has 1 aliphatic rings. The number of rotatable bonds is 7. The molecular weight excluding hydrogens is 478 g/mol. The standard InChI is InChI=1S/C26H25N5O4S/c1-35-14-20(19(27)13-32)31-9-8-16-7-6-15(10-17(16)12-31)11-28-25(34)23-29-24(33)22-18-4-2-3-5-21(18)36-26(22)30-23/h2-7,10,13H,8-9,11-12,14,27H2,1H3,(H,28,34)(H,29,30,33)/b20-19-. The molecule has 0 saturated heterocycles. The van der Waals surface area contributed by atoms with E-state index in [2.05, 4.69) is 21.4 Å². The molecule has 4 N–H and O–H groups in total. The maximum Gasteiger partial charge on any atom is 0.287 e. The number of benzene rings is 2. The molecule has 0 aliphatic carbocycles. The van der Waals surface area contributed by atoms with Crippen molar-refractivity contribution in [3.05, 3.63) is 86.7 Å². The molecule has 36 heavy (non-hydrogen) atoms. The van der Waals surface area contributed by atoms with Crippen molar-refractivity contribution in [2.24, 2.45) is 5.73 Å². The minimum atomic E-state index is -0.449. The van der Waals surface area contributed by atoms with Gasteiger partial charge >= 0.3 is 0 Å². The predicted molar refractivity (Wildman–Crippen MR) is 139 cm³/mol. The van der Waals surface area contributed by atoms with Crippen LogP contribution in [-0.4, -0.2) is 47.3 Å². The molecule has 0 spiro atoms. The molecule has 1 aliphatic heterocycles. The number of thiophene rings is 1. The second-order valence-electron chi connectivity index (χ2n) is 8.60. The van der Waals surface area contributed by atoms with E-state index in [1.807, 2.05) is 41.3 Å². The molecule has 9 nitrogen and oxygen atoms in total. The summed E-state index contributed by atoms with van der Waals surface area (Å²) in [6.07, 6.45) is 1.45. The quantitative estimate of drug-likeness (QED) is 0.261. The highest BCUT2D eigenvalue weighted by Crippen LogP contribution is 2.30. The second-order valence-corrected chi connectivity index (χ2v) is 9.63. The summed E-state index contributed by atoms with van der Waals surface area (Å²) in [6.45, 7) is 1.85. The molecule has 5 rings (SSSR count). The van der Waals surface area contributed by atoms with Gasteiger partial charge in [-0.05, 0) is 29.2 Å². The lowest BCUT2D eigenvalue weighted by molar-refractivity contribution is -0.105. The minimum absolute atomic E-state index is 0.0122. The number of carbonyl (C=O) groups is 2. The van der Waals surface area contributed by atoms with Gasteiger partial charge in [-0.3, -0.25) is 14.4 Å². The SMILES string of the molecule is COC/C(=C(/N)C=O)N1CCc2ccc(CNC(=O)c3nc4sc5ccccc5c4c(=O)[nH]3)cc2C1. The van der Waals surface area contributed by atoms with Crippen LogP contribution in [0, 0.1) is 0 Å². The van der Waals surface area contributed by atoms with Gasteiger partial charge in [-0.2, -0.15) is 0 Å². The average molecular weight is 504 g/mol. The molecule has 0 fully saturated rings. The molecular formula is C26H25N5O4S. The Morgan fingerprint density at radius 3 is 2.92 bits per heavy atom. The Bertz CT molecular complexity index is 1570. The number of ether oxygens (including phenoxy) is 1. The van der Waals surface area contributed by atoms with Crippen molar-refractivity contribution >= 4 is 43.8 Å². The summed E-state index contributed by atoms with van der Waals surface area (Å²) in [5, 5.41) is 4.19. The zero-order chi connectivity index (χ0) is 25.2. The van der Waals surface area contributed by atoms with E-state index in [1.54, 1.807) is 7.11 Å². The summed E-state index contributed by atoms with van der Waals surface area (Å²) < 4.78 is 6.18. The lowest BCUT2D eigenvalue weighted by Gasteiger charge is -2.33. The summed E-state index contributed by atoms with van der Waals surface area (Å²) in [4.78, 5) is 46.4. The van der Waals surface area contributed by atoms with Crippen molar-refractivity contribution in [3.8, 4) is 0 Å². The third-order valence-corrected chi connectivity index (χ3v) is 7.39. The number of amides is 1. The molecule has 2 aromatic heterocycles. The number of aldehydes is 1. The first-order chi connectivity index (χ1) is 17.5. The lowest BCUT2D eigenvalue weighted by Crippen LogP contribution is -2.34. The number of aromatic amines is 1. The van der Waals surface area contributed by atoms with E-state index in [0.717, 1.165) is 34.2 Å². The number of aromatic nitrogens is 2. The largest absolute Gasteiger partial charge is 0.395 e. The van der Waals surface area contributed by atoms with E-state index in [-0.39, 0.29) is 30.2 Å². The summed E-state index contributed by atoms with van der Waals surface area (Å²) >= 11 is 1.39. The molecule has 0 atom stereocenters. The average Bonchev–Trinajstić information content (AvgIpc) is 3.28. The third kappa shape index (κ3) is 4.48. The maximum absolute atomic E-state index is 12.8. The molecule has 184 valence electrons. The van der Waals surface area contributed by atoms with Crippen LogP contribution in [0.4, 0.5) is 0 Å². The van der Waals surface area contributed by atoms with Crippen LogP contribution in [0.1, 0.15) is 27.3 Å². The zero-order valence-electron chi connectivity index (χ0n) is 19.7. The number of nitrogens with two attached hydrogens (primary N) is 1. The number of H-pyrrole nitrogens is 1. The first kappa shape index (κ1) is 23.7. The van der Waals surface area contributed by atoms with Crippen molar-refractivity contribution in [2.45, 2.75) is 19.5 Å². The van der Waals surface area contributed by atoms with Crippen molar-refractivity contribution in [1.82, 2.24) is 20.2 Å². The van der Waals surface area contributed by atoms with Gasteiger partial charge in [0.25, 0.3) is 11.5 Å². The van der Waals surface area contributed by atoms with Crippen molar-refractivity contribution in [3.63, 3.8) is 0 Å². The summed E-state index contributed by atoms with van der Waals surface area (Å²) in [7, 11) is 1.57. The Labute approximate surface area is 210 Å². The molecule has 1 amide bonds. The van der Waals surface area contributed by atoms with Crippen LogP contribution in [0.25, 0.3) is 20.3 Å². The number of nitrogens with one attached hydrogen (secondary N) is 2. The molecule has 4 aromatic rings. The summed E-state index contributed by atoms with van der Waals surface area (Å²) in [5.41, 5.74) is 9.63. The van der Waals surface area contributed by atoms with Crippen LogP contribution >= 0.6 is 11.3 Å². The van der Waals surface area contributed by atoms with Gasteiger partial charge in [0.1, 0.15) is 4.83 Å². The molecule has 3 heterocycles. The van der Waals surface area contributed by atoms with E-state index in [4.69, 9.17) is 10.5 Å². The number of methoxy groups -OCH3 is 1. The fourth-order valence-electron chi connectivity index (χ4n) is 4.52. The predicted octanol–water partition coefficient (Wildman–Crippen LogP) is 2.44. The smallest absolute Gasteiger partial charge is 0.287 e. The van der Waals surface area contributed by atoms with E-state index >= 15 is 0 Å². The van der Waals surface area contributed by atoms with E-state index in [0.29, 0.717) is 28.7 Å². The van der Waals surface area contributed by atoms with E-state index in [9.17, 15) is 14.4 Å². The highest BCUT2D eigenvalue weighted by atomic mass is 32.1. The van der Waals surface area contributed by atoms with Gasteiger partial charge < -0.3 is 25.7 Å². The Hall–Kier alpha value is -4.02. The van der Waals surface area contributed by atoms with Gasteiger partial charge in [-0.25, -0.2) is 4.98 Å². The van der Waals surface area contributed by atoms with Crippen LogP contribution in [0.3, 0.4) is 0 Å². The molecule has 10 heteroatoms. The van der Waals surface area contributed by atoms with Crippen LogP contribution in [0.2, 0.25) is 0 Å². The number of hydrogen-bond donors (Lipinski definition) is 3. The van der Waals surface area contributed by atoms with E-state index in [1.165, 1.54) is 16.9 Å². The lowest BCUT2D eigenvalue weighted by atomic mass is 9.96. The molecule has 0 saturated carbocycles. The molecule has 0 unspecified atom stereocenters. The Balaban J connectivity index is 1.33. The Kier molecular flexibility index (Phi) is 6.53. The Morgan fingerprint density at radius 2 is 2.11 bits per heavy atom. The second kappa shape index (κ2) is 9.92. The van der Waals surface area contributed by atoms with Gasteiger partial charge in [-0.1, -0.05) is 36.4 Å². The Morgan fingerprint density at radius 1 is 1.28 bits per heavy atom. The van der Waals surface area contributed by atoms with Gasteiger partial charge in [0, 0.05) is 36.8 Å². The third-order valence-electron chi connectivity index (χ3n) is 6.32. The van der Waals surface area contributed by atoms with Crippen molar-refractivity contribution in [2.75, 3.05) is 20.3 Å². The number of hydrogen-bond acceptors (Lipinski definition) is 8. The fraction of sp³-hybridized carbons (Fsp3) is 0.231. The minimum Gasteiger partial charge on any atom is -0.395 e. The van der Waals surface area contributed by atoms with Gasteiger partial charge in [0.15, 0.2) is 6.29 Å². The molecule has 0 radical (unpaired) electrons. The maximum atomic E-state index is 12.8. The van der Waals surface area contributed by atoms with Crippen molar-refractivity contribution < 1.29 is 14.3 Å². The fourth-order valence-corrected chi connectivity index (χ4v) is 5.59. The summed E-state index contributed by atoms with van der Waals surface area (Å²) in [5.74, 6) is -0.461. The van der Waals surface area contributed by atoms with Crippen LogP contribution in [0.15, 0.2) is 58.7 Å². The monoisotopic (exact) mass is 503 g/mol. The molecule has 2 aromatic carbocycles. The molecule has 0 bridgehead atoms. The number of nitrogens with zero attached hydrogens (tertiary/aromatic N) is 2.